The third kappa shape index (κ3) is 4.33. The molecule has 1 saturated heterocycles. The van der Waals surface area contributed by atoms with Crippen LogP contribution in [0.25, 0.3) is 11.1 Å². The number of carboxylic acids is 1. The summed E-state index contributed by atoms with van der Waals surface area (Å²) in [6, 6.07) is 15.9. The number of benzene rings is 2. The predicted octanol–water partition coefficient (Wildman–Crippen LogP) is 3.48. The van der Waals surface area contributed by atoms with Crippen LogP contribution in [-0.4, -0.2) is 53.7 Å². The Morgan fingerprint density at radius 3 is 2.12 bits per heavy atom. The Bertz CT molecular complexity index is 983. The van der Waals surface area contributed by atoms with E-state index in [0.29, 0.717) is 0 Å². The molecule has 2 aromatic rings. The number of carboxylic acid groups (broad SMARTS) is 1. The van der Waals surface area contributed by atoms with Gasteiger partial charge in [0.1, 0.15) is 6.61 Å². The number of alkyl carbamates (subject to hydrolysis) is 1. The maximum Gasteiger partial charge on any atom is 0.407 e. The van der Waals surface area contributed by atoms with Gasteiger partial charge in [-0.1, -0.05) is 62.4 Å². The number of ether oxygens (including phenoxy) is 1. The summed E-state index contributed by atoms with van der Waals surface area (Å²) in [6.45, 7) is 4.52. The van der Waals surface area contributed by atoms with Gasteiger partial charge in [0.25, 0.3) is 0 Å². The molecule has 0 spiro atoms. The number of likely N-dealkylation sites (tertiary alicyclic amines) is 1. The van der Waals surface area contributed by atoms with Crippen molar-refractivity contribution in [3.63, 3.8) is 0 Å². The van der Waals surface area contributed by atoms with Crippen LogP contribution in [0.1, 0.15) is 37.3 Å². The minimum atomic E-state index is -0.883. The molecule has 2 aliphatic rings. The van der Waals surface area contributed by atoms with Crippen LogP contribution in [0.5, 0.6) is 0 Å². The van der Waals surface area contributed by atoms with Crippen LogP contribution in [-0.2, 0) is 14.3 Å². The molecular weight excluding hydrogens is 408 g/mol. The Kier molecular flexibility index (Phi) is 6.17. The van der Waals surface area contributed by atoms with Crippen molar-refractivity contribution in [2.45, 2.75) is 32.2 Å². The zero-order valence-corrected chi connectivity index (χ0v) is 18.3. The van der Waals surface area contributed by atoms with E-state index < -0.39 is 18.0 Å². The number of carbonyl (C=O) groups is 3. The number of rotatable bonds is 7. The van der Waals surface area contributed by atoms with E-state index in [0.717, 1.165) is 22.3 Å². The Morgan fingerprint density at radius 1 is 1.03 bits per heavy atom. The Morgan fingerprint density at radius 2 is 1.59 bits per heavy atom. The van der Waals surface area contributed by atoms with Gasteiger partial charge in [0, 0.05) is 31.5 Å². The zero-order chi connectivity index (χ0) is 22.8. The largest absolute Gasteiger partial charge is 0.481 e. The molecule has 168 valence electrons. The van der Waals surface area contributed by atoms with E-state index in [1.54, 1.807) is 0 Å². The fourth-order valence-corrected chi connectivity index (χ4v) is 4.40. The fourth-order valence-electron chi connectivity index (χ4n) is 4.40. The van der Waals surface area contributed by atoms with E-state index in [1.807, 2.05) is 38.1 Å². The summed E-state index contributed by atoms with van der Waals surface area (Å²) in [7, 11) is 0. The minimum absolute atomic E-state index is 0.0241. The Balaban J connectivity index is 1.35. The highest BCUT2D eigenvalue weighted by Gasteiger charge is 2.37. The lowest BCUT2D eigenvalue weighted by atomic mass is 9.96. The van der Waals surface area contributed by atoms with Gasteiger partial charge in [-0.15, -0.1) is 0 Å². The van der Waals surface area contributed by atoms with Crippen molar-refractivity contribution < 1.29 is 24.2 Å². The van der Waals surface area contributed by atoms with Gasteiger partial charge in [-0.05, 0) is 28.2 Å². The summed E-state index contributed by atoms with van der Waals surface area (Å²) < 4.78 is 5.60. The van der Waals surface area contributed by atoms with Gasteiger partial charge in [-0.25, -0.2) is 4.79 Å². The standard InChI is InChI=1S/C25H28N2O5/c1-15(2)22(11-23(28)27-12-16(13-27)24(29)30)26-25(31)32-14-21-19-9-5-3-7-17(19)18-8-4-6-10-20(18)21/h3-10,15-16,21-22H,11-14H2,1-2H3,(H,26,31)(H,29,30)/t22-/m1/s1. The van der Waals surface area contributed by atoms with Crippen molar-refractivity contribution in [3.8, 4) is 11.1 Å². The highest BCUT2D eigenvalue weighted by molar-refractivity contribution is 5.82. The highest BCUT2D eigenvalue weighted by atomic mass is 16.5. The second-order valence-electron chi connectivity index (χ2n) is 8.86. The second-order valence-corrected chi connectivity index (χ2v) is 8.86. The van der Waals surface area contributed by atoms with Gasteiger partial charge in [0.2, 0.25) is 5.91 Å². The molecular formula is C25H28N2O5. The first-order valence-electron chi connectivity index (χ1n) is 11.0. The predicted molar refractivity (Wildman–Crippen MR) is 119 cm³/mol. The Hall–Kier alpha value is -3.35. The van der Waals surface area contributed by atoms with Crippen molar-refractivity contribution in [2.75, 3.05) is 19.7 Å². The lowest BCUT2D eigenvalue weighted by Gasteiger charge is -2.37. The van der Waals surface area contributed by atoms with Crippen molar-refractivity contribution in [3.05, 3.63) is 59.7 Å². The van der Waals surface area contributed by atoms with E-state index in [9.17, 15) is 14.4 Å². The summed E-state index contributed by atoms with van der Waals surface area (Å²) in [5, 5.41) is 11.8. The van der Waals surface area contributed by atoms with E-state index in [-0.39, 0.29) is 49.9 Å². The molecule has 2 N–H and O–H groups in total. The molecule has 1 atom stereocenters. The Labute approximate surface area is 187 Å². The van der Waals surface area contributed by atoms with Gasteiger partial charge in [-0.2, -0.15) is 0 Å². The quantitative estimate of drug-likeness (QED) is 0.693. The molecule has 7 heteroatoms. The van der Waals surface area contributed by atoms with Gasteiger partial charge in [0.05, 0.1) is 5.92 Å². The number of hydrogen-bond donors (Lipinski definition) is 2. The molecule has 2 aromatic carbocycles. The van der Waals surface area contributed by atoms with Crippen LogP contribution in [0.2, 0.25) is 0 Å². The summed E-state index contributed by atoms with van der Waals surface area (Å²) in [5.41, 5.74) is 4.61. The van der Waals surface area contributed by atoms with Crippen LogP contribution in [0.3, 0.4) is 0 Å². The van der Waals surface area contributed by atoms with E-state index in [1.165, 1.54) is 4.90 Å². The topological polar surface area (TPSA) is 95.9 Å². The fraction of sp³-hybridized carbons (Fsp3) is 0.400. The van der Waals surface area contributed by atoms with Crippen LogP contribution in [0.4, 0.5) is 4.79 Å². The summed E-state index contributed by atoms with van der Waals surface area (Å²) in [6.07, 6.45) is -0.431. The normalized spacial score (nSPS) is 16.2. The number of amides is 2. The molecule has 1 aliphatic carbocycles. The third-order valence-electron chi connectivity index (χ3n) is 6.43. The van der Waals surface area contributed by atoms with Crippen LogP contribution >= 0.6 is 0 Å². The van der Waals surface area contributed by atoms with Crippen molar-refractivity contribution in [1.29, 1.82) is 0 Å². The van der Waals surface area contributed by atoms with Crippen molar-refractivity contribution >= 4 is 18.0 Å². The molecule has 7 nitrogen and oxygen atoms in total. The maximum absolute atomic E-state index is 12.6. The van der Waals surface area contributed by atoms with Gasteiger partial charge in [0.15, 0.2) is 0 Å². The molecule has 1 fully saturated rings. The SMILES string of the molecule is CC(C)[C@@H](CC(=O)N1CC(C(=O)O)C1)NC(=O)OCC1c2ccccc2-c2ccccc21. The van der Waals surface area contributed by atoms with Crippen molar-refractivity contribution in [2.24, 2.45) is 11.8 Å². The molecule has 0 aromatic heterocycles. The average Bonchev–Trinajstić information content (AvgIpc) is 3.04. The first kappa shape index (κ1) is 21.9. The minimum Gasteiger partial charge on any atom is -0.481 e. The van der Waals surface area contributed by atoms with E-state index in [4.69, 9.17) is 9.84 Å². The number of nitrogens with zero attached hydrogens (tertiary/aromatic N) is 1. The van der Waals surface area contributed by atoms with Gasteiger partial charge >= 0.3 is 12.1 Å². The summed E-state index contributed by atoms with van der Waals surface area (Å²) in [4.78, 5) is 37.5. The second kappa shape index (κ2) is 9.02. The number of carbonyl (C=O) groups excluding carboxylic acids is 2. The summed E-state index contributed by atoms with van der Waals surface area (Å²) >= 11 is 0. The molecule has 0 saturated carbocycles. The lowest BCUT2D eigenvalue weighted by molar-refractivity contribution is -0.153. The first-order valence-corrected chi connectivity index (χ1v) is 11.0. The molecule has 4 rings (SSSR count). The molecule has 0 radical (unpaired) electrons. The monoisotopic (exact) mass is 436 g/mol. The van der Waals surface area contributed by atoms with E-state index in [2.05, 4.69) is 29.6 Å². The van der Waals surface area contributed by atoms with E-state index >= 15 is 0 Å². The molecule has 1 aliphatic heterocycles. The zero-order valence-electron chi connectivity index (χ0n) is 18.3. The smallest absolute Gasteiger partial charge is 0.407 e. The number of aliphatic carboxylic acids is 1. The molecule has 2 amide bonds. The molecule has 1 heterocycles. The molecule has 0 unspecified atom stereocenters. The van der Waals surface area contributed by atoms with Crippen LogP contribution in [0.15, 0.2) is 48.5 Å². The van der Waals surface area contributed by atoms with Crippen LogP contribution < -0.4 is 5.32 Å². The molecule has 32 heavy (non-hydrogen) atoms. The van der Waals surface area contributed by atoms with Crippen molar-refractivity contribution in [1.82, 2.24) is 10.2 Å². The number of nitrogens with one attached hydrogen (secondary N) is 1. The van der Waals surface area contributed by atoms with Crippen LogP contribution in [0, 0.1) is 11.8 Å². The highest BCUT2D eigenvalue weighted by Crippen LogP contribution is 2.44. The molecule has 0 bridgehead atoms. The third-order valence-corrected chi connectivity index (χ3v) is 6.43. The lowest BCUT2D eigenvalue weighted by Crippen LogP contribution is -2.54. The average molecular weight is 437 g/mol. The van der Waals surface area contributed by atoms with Gasteiger partial charge in [-0.3, -0.25) is 9.59 Å². The first-order chi connectivity index (χ1) is 15.3. The van der Waals surface area contributed by atoms with Gasteiger partial charge < -0.3 is 20.1 Å². The maximum atomic E-state index is 12.6. The summed E-state index contributed by atoms with van der Waals surface area (Å²) in [5.74, 6) is -1.53. The number of fused-ring (bicyclic) bond motifs is 3. The number of hydrogen-bond acceptors (Lipinski definition) is 4.